The lowest BCUT2D eigenvalue weighted by Crippen LogP contribution is -2.05. The SMILES string of the molecule is Nc1cc(C(=O)O)ccc1Sc1ccc(C(F)(F)F)cn1. The third-order valence-electron chi connectivity index (χ3n) is 2.53. The molecule has 3 N–H and O–H groups in total. The van der Waals surface area contributed by atoms with Crippen LogP contribution in [0.15, 0.2) is 46.5 Å². The first kappa shape index (κ1) is 15.2. The number of alkyl halides is 3. The first-order valence-corrected chi connectivity index (χ1v) is 6.43. The van der Waals surface area contributed by atoms with E-state index in [2.05, 4.69) is 4.98 Å². The molecule has 1 heterocycles. The molecule has 0 fully saturated rings. The Morgan fingerprint density at radius 3 is 2.43 bits per heavy atom. The van der Waals surface area contributed by atoms with Crippen LogP contribution in [0.4, 0.5) is 18.9 Å². The van der Waals surface area contributed by atoms with E-state index in [1.807, 2.05) is 0 Å². The number of carbonyl (C=O) groups is 1. The molecule has 1 aromatic heterocycles. The molecule has 21 heavy (non-hydrogen) atoms. The summed E-state index contributed by atoms with van der Waals surface area (Å²) in [5.74, 6) is -1.11. The highest BCUT2D eigenvalue weighted by Crippen LogP contribution is 2.33. The summed E-state index contributed by atoms with van der Waals surface area (Å²) in [4.78, 5) is 15.0. The second-order valence-electron chi connectivity index (χ2n) is 4.04. The lowest BCUT2D eigenvalue weighted by atomic mass is 10.2. The molecule has 2 aromatic rings. The van der Waals surface area contributed by atoms with Crippen LogP contribution in [0.1, 0.15) is 15.9 Å². The highest BCUT2D eigenvalue weighted by Gasteiger charge is 2.30. The summed E-state index contributed by atoms with van der Waals surface area (Å²) in [5, 5.41) is 9.15. The van der Waals surface area contributed by atoms with E-state index in [9.17, 15) is 18.0 Å². The van der Waals surface area contributed by atoms with Crippen molar-refractivity contribution in [2.45, 2.75) is 16.1 Å². The molecule has 0 saturated heterocycles. The van der Waals surface area contributed by atoms with Crippen molar-refractivity contribution in [3.63, 3.8) is 0 Å². The van der Waals surface area contributed by atoms with Crippen molar-refractivity contribution in [1.29, 1.82) is 0 Å². The highest BCUT2D eigenvalue weighted by atomic mass is 32.2. The van der Waals surface area contributed by atoms with Gasteiger partial charge in [-0.2, -0.15) is 13.2 Å². The van der Waals surface area contributed by atoms with E-state index < -0.39 is 17.7 Å². The predicted octanol–water partition coefficient (Wildman–Crippen LogP) is 3.53. The minimum absolute atomic E-state index is 0.0391. The number of nitrogens with zero attached hydrogens (tertiary/aromatic N) is 1. The Hall–Kier alpha value is -2.22. The van der Waals surface area contributed by atoms with E-state index in [4.69, 9.17) is 10.8 Å². The number of halogens is 3. The monoisotopic (exact) mass is 314 g/mol. The van der Waals surface area contributed by atoms with Gasteiger partial charge in [-0.15, -0.1) is 0 Å². The molecule has 2 rings (SSSR count). The van der Waals surface area contributed by atoms with E-state index in [0.29, 0.717) is 9.92 Å². The van der Waals surface area contributed by atoms with E-state index in [0.717, 1.165) is 24.0 Å². The zero-order valence-corrected chi connectivity index (χ0v) is 11.2. The minimum Gasteiger partial charge on any atom is -0.478 e. The van der Waals surface area contributed by atoms with Crippen LogP contribution in [0.2, 0.25) is 0 Å². The smallest absolute Gasteiger partial charge is 0.417 e. The normalized spacial score (nSPS) is 11.4. The number of pyridine rings is 1. The van der Waals surface area contributed by atoms with Crippen molar-refractivity contribution in [1.82, 2.24) is 4.98 Å². The number of anilines is 1. The maximum atomic E-state index is 12.4. The summed E-state index contributed by atoms with van der Waals surface area (Å²) in [6.45, 7) is 0. The van der Waals surface area contributed by atoms with Gasteiger partial charge in [-0.1, -0.05) is 11.8 Å². The van der Waals surface area contributed by atoms with Gasteiger partial charge in [0.15, 0.2) is 0 Å². The third-order valence-corrected chi connectivity index (χ3v) is 3.58. The van der Waals surface area contributed by atoms with Crippen LogP contribution in [0.25, 0.3) is 0 Å². The molecule has 0 radical (unpaired) electrons. The number of rotatable bonds is 3. The van der Waals surface area contributed by atoms with Crippen molar-refractivity contribution in [3.8, 4) is 0 Å². The van der Waals surface area contributed by atoms with Crippen molar-refractivity contribution < 1.29 is 23.1 Å². The Labute approximate surface area is 121 Å². The number of hydrogen-bond acceptors (Lipinski definition) is 4. The van der Waals surface area contributed by atoms with Crippen LogP contribution in [-0.4, -0.2) is 16.1 Å². The topological polar surface area (TPSA) is 76.2 Å². The lowest BCUT2D eigenvalue weighted by Gasteiger charge is -2.08. The Balaban J connectivity index is 2.20. The highest BCUT2D eigenvalue weighted by molar-refractivity contribution is 7.99. The van der Waals surface area contributed by atoms with E-state index in [-0.39, 0.29) is 11.3 Å². The molecule has 1 aromatic carbocycles. The van der Waals surface area contributed by atoms with Crippen LogP contribution in [-0.2, 0) is 6.18 Å². The molecule has 0 aliphatic heterocycles. The van der Waals surface area contributed by atoms with Gasteiger partial charge in [0.2, 0.25) is 0 Å². The molecule has 4 nitrogen and oxygen atoms in total. The number of carboxylic acids is 1. The molecule has 0 aliphatic carbocycles. The quantitative estimate of drug-likeness (QED) is 0.848. The zero-order valence-electron chi connectivity index (χ0n) is 10.4. The fourth-order valence-corrected chi connectivity index (χ4v) is 2.28. The Morgan fingerprint density at radius 1 is 1.24 bits per heavy atom. The Bertz CT molecular complexity index is 672. The maximum Gasteiger partial charge on any atom is 0.417 e. The van der Waals surface area contributed by atoms with Crippen molar-refractivity contribution in [2.24, 2.45) is 0 Å². The number of carboxylic acid groups (broad SMARTS) is 1. The molecular weight excluding hydrogens is 305 g/mol. The van der Waals surface area contributed by atoms with Crippen LogP contribution in [0.5, 0.6) is 0 Å². The van der Waals surface area contributed by atoms with Crippen LogP contribution >= 0.6 is 11.8 Å². The number of nitrogens with two attached hydrogens (primary N) is 1. The van der Waals surface area contributed by atoms with Gasteiger partial charge in [0.25, 0.3) is 0 Å². The summed E-state index contributed by atoms with van der Waals surface area (Å²) in [6.07, 6.45) is -3.69. The minimum atomic E-state index is -4.43. The molecule has 0 atom stereocenters. The summed E-state index contributed by atoms with van der Waals surface area (Å²) < 4.78 is 37.2. The molecule has 0 saturated carbocycles. The average molecular weight is 314 g/mol. The molecule has 0 spiro atoms. The lowest BCUT2D eigenvalue weighted by molar-refractivity contribution is -0.137. The fourth-order valence-electron chi connectivity index (χ4n) is 1.50. The first-order chi connectivity index (χ1) is 9.77. The number of aromatic carboxylic acids is 1. The summed E-state index contributed by atoms with van der Waals surface area (Å²) in [5.41, 5.74) is 5.14. The maximum absolute atomic E-state index is 12.4. The second-order valence-corrected chi connectivity index (χ2v) is 5.10. The molecule has 8 heteroatoms. The molecule has 110 valence electrons. The second kappa shape index (κ2) is 5.65. The molecule has 0 bridgehead atoms. The van der Waals surface area contributed by atoms with E-state index in [1.54, 1.807) is 0 Å². The van der Waals surface area contributed by atoms with Gasteiger partial charge in [-0.25, -0.2) is 9.78 Å². The Morgan fingerprint density at radius 2 is 1.95 bits per heavy atom. The first-order valence-electron chi connectivity index (χ1n) is 5.61. The van der Waals surface area contributed by atoms with Gasteiger partial charge in [0.1, 0.15) is 5.03 Å². The third kappa shape index (κ3) is 3.66. The Kier molecular flexibility index (Phi) is 4.08. The van der Waals surface area contributed by atoms with Gasteiger partial charge < -0.3 is 10.8 Å². The average Bonchev–Trinajstić information content (AvgIpc) is 2.40. The van der Waals surface area contributed by atoms with Crippen LogP contribution in [0.3, 0.4) is 0 Å². The molecular formula is C13H9F3N2O2S. The van der Waals surface area contributed by atoms with Crippen molar-refractivity contribution in [3.05, 3.63) is 47.7 Å². The van der Waals surface area contributed by atoms with Crippen LogP contribution < -0.4 is 5.73 Å². The van der Waals surface area contributed by atoms with Gasteiger partial charge in [-0.05, 0) is 30.3 Å². The predicted molar refractivity (Wildman–Crippen MR) is 71.2 cm³/mol. The van der Waals surface area contributed by atoms with Gasteiger partial charge in [0, 0.05) is 16.8 Å². The number of aromatic nitrogens is 1. The van der Waals surface area contributed by atoms with E-state index >= 15 is 0 Å². The van der Waals surface area contributed by atoms with Gasteiger partial charge >= 0.3 is 12.1 Å². The number of hydrogen-bond donors (Lipinski definition) is 2. The molecule has 0 unspecified atom stereocenters. The number of nitrogen functional groups attached to an aromatic ring is 1. The summed E-state index contributed by atoms with van der Waals surface area (Å²) in [7, 11) is 0. The summed E-state index contributed by atoms with van der Waals surface area (Å²) in [6, 6.07) is 6.30. The van der Waals surface area contributed by atoms with Crippen LogP contribution in [0, 0.1) is 0 Å². The van der Waals surface area contributed by atoms with Gasteiger partial charge in [-0.3, -0.25) is 0 Å². The van der Waals surface area contributed by atoms with Gasteiger partial charge in [0.05, 0.1) is 11.1 Å². The number of benzene rings is 1. The molecule has 0 amide bonds. The standard InChI is InChI=1S/C13H9F3N2O2S/c14-13(15,16)8-2-4-11(18-6-8)21-10-3-1-7(12(19)20)5-9(10)17/h1-6H,17H2,(H,19,20). The van der Waals surface area contributed by atoms with Crippen molar-refractivity contribution >= 4 is 23.4 Å². The van der Waals surface area contributed by atoms with E-state index in [1.165, 1.54) is 24.3 Å². The summed E-state index contributed by atoms with van der Waals surface area (Å²) >= 11 is 1.06. The zero-order chi connectivity index (χ0) is 15.6. The fraction of sp³-hybridized carbons (Fsp3) is 0.0769. The van der Waals surface area contributed by atoms with Crippen molar-refractivity contribution in [2.75, 3.05) is 5.73 Å². The largest absolute Gasteiger partial charge is 0.478 e. The molecule has 0 aliphatic rings.